The Kier molecular flexibility index (Phi) is 8.37. The van der Waals surface area contributed by atoms with Crippen molar-refractivity contribution in [2.24, 2.45) is 5.16 Å². The predicted molar refractivity (Wildman–Crippen MR) is 49.0 cm³/mol. The summed E-state index contributed by atoms with van der Waals surface area (Å²) in [4.78, 5) is 26.0. The summed E-state index contributed by atoms with van der Waals surface area (Å²) < 4.78 is 4.55. The lowest BCUT2D eigenvalue weighted by Crippen LogP contribution is -2.24. The SMILES string of the molecule is CCOC(=O)C(=NOC)C(C)=O.Cl. The largest absolute Gasteiger partial charge is 0.461 e. The number of nitrogens with zero attached hydrogens (tertiary/aromatic N) is 1. The van der Waals surface area contributed by atoms with Crippen LogP contribution < -0.4 is 0 Å². The van der Waals surface area contributed by atoms with Crippen molar-refractivity contribution in [1.29, 1.82) is 0 Å². The molecule has 0 aliphatic rings. The molecule has 0 N–H and O–H groups in total. The van der Waals surface area contributed by atoms with Gasteiger partial charge in [0, 0.05) is 6.92 Å². The number of carbonyl (C=O) groups excluding carboxylic acids is 2. The van der Waals surface area contributed by atoms with Crippen LogP contribution in [0.3, 0.4) is 0 Å². The fraction of sp³-hybridized carbons (Fsp3) is 0.571. The quantitative estimate of drug-likeness (QED) is 0.294. The van der Waals surface area contributed by atoms with Gasteiger partial charge in [-0.25, -0.2) is 4.79 Å². The fourth-order valence-corrected chi connectivity index (χ4v) is 0.536. The number of oxime groups is 1. The average molecular weight is 210 g/mol. The van der Waals surface area contributed by atoms with Crippen LogP contribution >= 0.6 is 12.4 Å². The topological polar surface area (TPSA) is 65.0 Å². The van der Waals surface area contributed by atoms with Crippen LogP contribution in [0.2, 0.25) is 0 Å². The summed E-state index contributed by atoms with van der Waals surface area (Å²) in [6.07, 6.45) is 0. The van der Waals surface area contributed by atoms with Crippen LogP contribution in [0.4, 0.5) is 0 Å². The molecule has 0 fully saturated rings. The molecule has 0 rings (SSSR count). The number of rotatable bonds is 4. The molecular weight excluding hydrogens is 198 g/mol. The van der Waals surface area contributed by atoms with Gasteiger partial charge in [0.2, 0.25) is 5.71 Å². The minimum atomic E-state index is -0.758. The molecule has 13 heavy (non-hydrogen) atoms. The minimum Gasteiger partial charge on any atom is -0.461 e. The zero-order valence-corrected chi connectivity index (χ0v) is 8.51. The molecule has 0 radical (unpaired) electrons. The standard InChI is InChI=1S/C7H11NO4.ClH/c1-4-12-7(10)6(5(2)9)8-11-3;/h4H2,1-3H3;1H. The van der Waals surface area contributed by atoms with E-state index < -0.39 is 11.8 Å². The lowest BCUT2D eigenvalue weighted by atomic mass is 10.3. The van der Waals surface area contributed by atoms with E-state index in [1.807, 2.05) is 0 Å². The van der Waals surface area contributed by atoms with Gasteiger partial charge in [-0.05, 0) is 6.92 Å². The molecule has 6 heteroatoms. The molecular formula is C7H12ClNO4. The molecule has 0 saturated carbocycles. The molecule has 0 atom stereocenters. The number of carbonyl (C=O) groups is 2. The first-order valence-corrected chi connectivity index (χ1v) is 3.42. The molecule has 0 unspecified atom stereocenters. The van der Waals surface area contributed by atoms with Crippen molar-refractivity contribution in [3.63, 3.8) is 0 Å². The van der Waals surface area contributed by atoms with Crippen LogP contribution in [0.5, 0.6) is 0 Å². The van der Waals surface area contributed by atoms with E-state index in [0.717, 1.165) is 0 Å². The van der Waals surface area contributed by atoms with E-state index in [1.165, 1.54) is 14.0 Å². The maximum atomic E-state index is 10.9. The first-order valence-electron chi connectivity index (χ1n) is 3.42. The highest BCUT2D eigenvalue weighted by Crippen LogP contribution is 1.88. The summed E-state index contributed by atoms with van der Waals surface area (Å²) >= 11 is 0. The normalized spacial score (nSPS) is 9.92. The van der Waals surface area contributed by atoms with E-state index in [2.05, 4.69) is 14.7 Å². The van der Waals surface area contributed by atoms with E-state index in [4.69, 9.17) is 0 Å². The Bertz CT molecular complexity index is 215. The Hall–Kier alpha value is -1.10. The summed E-state index contributed by atoms with van der Waals surface area (Å²) in [7, 11) is 1.25. The number of ketones is 1. The van der Waals surface area contributed by atoms with Gasteiger partial charge >= 0.3 is 5.97 Å². The van der Waals surface area contributed by atoms with Gasteiger partial charge < -0.3 is 9.57 Å². The van der Waals surface area contributed by atoms with Gasteiger partial charge in [-0.3, -0.25) is 4.79 Å². The Morgan fingerprint density at radius 2 is 1.92 bits per heavy atom. The Labute approximate surface area is 82.5 Å². The second kappa shape index (κ2) is 7.54. The molecule has 0 aliphatic heterocycles. The Balaban J connectivity index is 0. The first-order chi connectivity index (χ1) is 5.63. The zero-order chi connectivity index (χ0) is 9.56. The molecule has 0 spiro atoms. The highest BCUT2D eigenvalue weighted by Gasteiger charge is 2.18. The third-order valence-electron chi connectivity index (χ3n) is 0.985. The monoisotopic (exact) mass is 209 g/mol. The van der Waals surface area contributed by atoms with Crippen molar-refractivity contribution in [2.75, 3.05) is 13.7 Å². The van der Waals surface area contributed by atoms with Gasteiger partial charge in [0.15, 0.2) is 5.78 Å². The summed E-state index contributed by atoms with van der Waals surface area (Å²) in [6.45, 7) is 3.06. The number of hydrogen-bond donors (Lipinski definition) is 0. The van der Waals surface area contributed by atoms with Crippen LogP contribution in [0, 0.1) is 0 Å². The second-order valence-corrected chi connectivity index (χ2v) is 1.90. The summed E-state index contributed by atoms with van der Waals surface area (Å²) in [5, 5.41) is 3.23. The molecule has 76 valence electrons. The van der Waals surface area contributed by atoms with E-state index in [0.29, 0.717) is 0 Å². The molecule has 0 heterocycles. The Morgan fingerprint density at radius 3 is 2.23 bits per heavy atom. The predicted octanol–water partition coefficient (Wildman–Crippen LogP) is 0.563. The summed E-state index contributed by atoms with van der Waals surface area (Å²) in [5.41, 5.74) is -0.320. The molecule has 0 aromatic heterocycles. The molecule has 0 aromatic carbocycles. The van der Waals surface area contributed by atoms with E-state index in [9.17, 15) is 9.59 Å². The van der Waals surface area contributed by atoms with Gasteiger partial charge in [-0.15, -0.1) is 12.4 Å². The number of ether oxygens (including phenoxy) is 1. The van der Waals surface area contributed by atoms with Gasteiger partial charge in [0.1, 0.15) is 7.11 Å². The highest BCUT2D eigenvalue weighted by molar-refractivity contribution is 6.63. The molecule has 0 aliphatic carbocycles. The van der Waals surface area contributed by atoms with Gasteiger partial charge in [0.05, 0.1) is 6.61 Å². The molecule has 0 bridgehead atoms. The maximum Gasteiger partial charge on any atom is 0.364 e. The maximum absolute atomic E-state index is 10.9. The number of hydrogen-bond acceptors (Lipinski definition) is 5. The molecule has 5 nitrogen and oxygen atoms in total. The molecule has 0 saturated heterocycles. The van der Waals surface area contributed by atoms with Crippen LogP contribution in [0.1, 0.15) is 13.8 Å². The van der Waals surface area contributed by atoms with Gasteiger partial charge in [-0.2, -0.15) is 0 Å². The van der Waals surface area contributed by atoms with Crippen LogP contribution in [-0.2, 0) is 19.2 Å². The van der Waals surface area contributed by atoms with Crippen LogP contribution in [0.15, 0.2) is 5.16 Å². The fourth-order valence-electron chi connectivity index (χ4n) is 0.536. The summed E-state index contributed by atoms with van der Waals surface area (Å²) in [6, 6.07) is 0. The molecule has 0 aromatic rings. The van der Waals surface area contributed by atoms with Crippen molar-refractivity contribution < 1.29 is 19.2 Å². The minimum absolute atomic E-state index is 0. The molecule has 0 amide bonds. The van der Waals surface area contributed by atoms with E-state index in [1.54, 1.807) is 6.92 Å². The van der Waals surface area contributed by atoms with Crippen molar-refractivity contribution >= 4 is 29.9 Å². The van der Waals surface area contributed by atoms with Crippen molar-refractivity contribution in [2.45, 2.75) is 13.8 Å². The Morgan fingerprint density at radius 1 is 1.38 bits per heavy atom. The third kappa shape index (κ3) is 5.19. The van der Waals surface area contributed by atoms with Crippen molar-refractivity contribution in [3.05, 3.63) is 0 Å². The second-order valence-electron chi connectivity index (χ2n) is 1.90. The van der Waals surface area contributed by atoms with Crippen molar-refractivity contribution in [1.82, 2.24) is 0 Å². The highest BCUT2D eigenvalue weighted by atomic mass is 35.5. The average Bonchev–Trinajstić information content (AvgIpc) is 1.99. The first kappa shape index (κ1) is 14.4. The number of halogens is 1. The van der Waals surface area contributed by atoms with Gasteiger partial charge in [-0.1, -0.05) is 5.16 Å². The lowest BCUT2D eigenvalue weighted by Gasteiger charge is -2.00. The van der Waals surface area contributed by atoms with Crippen LogP contribution in [0.25, 0.3) is 0 Å². The van der Waals surface area contributed by atoms with Crippen molar-refractivity contribution in [3.8, 4) is 0 Å². The summed E-state index contributed by atoms with van der Waals surface area (Å²) in [5.74, 6) is -1.23. The number of Topliss-reactive ketones (excluding diaryl/α,β-unsaturated/α-hetero) is 1. The third-order valence-corrected chi connectivity index (χ3v) is 0.985. The van der Waals surface area contributed by atoms with Crippen LogP contribution in [-0.4, -0.2) is 31.2 Å². The lowest BCUT2D eigenvalue weighted by molar-refractivity contribution is -0.135. The zero-order valence-electron chi connectivity index (χ0n) is 7.70. The van der Waals surface area contributed by atoms with E-state index >= 15 is 0 Å². The van der Waals surface area contributed by atoms with E-state index in [-0.39, 0.29) is 24.7 Å². The van der Waals surface area contributed by atoms with Gasteiger partial charge in [0.25, 0.3) is 0 Å². The smallest absolute Gasteiger partial charge is 0.364 e. The number of esters is 1.